The first-order valence-corrected chi connectivity index (χ1v) is 7.69. The van der Waals surface area contributed by atoms with E-state index in [0.717, 1.165) is 12.1 Å². The van der Waals surface area contributed by atoms with Gasteiger partial charge in [-0.1, -0.05) is 18.2 Å². The van der Waals surface area contributed by atoms with Crippen LogP contribution < -0.4 is 10.6 Å². The van der Waals surface area contributed by atoms with E-state index in [-0.39, 0.29) is 18.7 Å². The van der Waals surface area contributed by atoms with Crippen molar-refractivity contribution in [1.82, 2.24) is 0 Å². The molecule has 1 amide bonds. The molecule has 0 aliphatic heterocycles. The van der Waals surface area contributed by atoms with Crippen molar-refractivity contribution in [3.63, 3.8) is 0 Å². The molecule has 0 unspecified atom stereocenters. The van der Waals surface area contributed by atoms with Gasteiger partial charge < -0.3 is 15.4 Å². The number of ether oxygens (including phenoxy) is 1. The summed E-state index contributed by atoms with van der Waals surface area (Å²) in [5.74, 6) is -0.964. The first-order chi connectivity index (χ1) is 12.3. The van der Waals surface area contributed by atoms with Gasteiger partial charge in [-0.05, 0) is 30.3 Å². The van der Waals surface area contributed by atoms with Crippen LogP contribution in [0.1, 0.15) is 22.3 Å². The minimum absolute atomic E-state index is 0.00571. The van der Waals surface area contributed by atoms with Crippen LogP contribution in [0.5, 0.6) is 0 Å². The predicted molar refractivity (Wildman–Crippen MR) is 91.0 cm³/mol. The lowest BCUT2D eigenvalue weighted by Gasteiger charge is -2.12. The highest BCUT2D eigenvalue weighted by Crippen LogP contribution is 2.30. The van der Waals surface area contributed by atoms with Crippen molar-refractivity contribution in [2.75, 3.05) is 24.3 Å². The molecule has 2 aromatic rings. The number of hydrogen-bond donors (Lipinski definition) is 2. The van der Waals surface area contributed by atoms with Gasteiger partial charge in [-0.15, -0.1) is 0 Å². The number of methoxy groups -OCH3 is 1. The summed E-state index contributed by atoms with van der Waals surface area (Å²) < 4.78 is 42.7. The Kier molecular flexibility index (Phi) is 6.21. The predicted octanol–water partition coefficient (Wildman–Crippen LogP) is 3.93. The summed E-state index contributed by atoms with van der Waals surface area (Å²) in [5.41, 5.74) is 0.0692. The number of para-hydroxylation sites is 1. The molecule has 2 N–H and O–H groups in total. The summed E-state index contributed by atoms with van der Waals surface area (Å²) in [7, 11) is 1.27. The van der Waals surface area contributed by atoms with E-state index >= 15 is 0 Å². The minimum Gasteiger partial charge on any atom is -0.465 e. The molecule has 0 radical (unpaired) electrons. The average molecular weight is 366 g/mol. The number of halogens is 3. The van der Waals surface area contributed by atoms with E-state index in [1.807, 2.05) is 0 Å². The highest BCUT2D eigenvalue weighted by atomic mass is 19.4. The fourth-order valence-electron chi connectivity index (χ4n) is 2.23. The average Bonchev–Trinajstić information content (AvgIpc) is 2.61. The van der Waals surface area contributed by atoms with Crippen LogP contribution in [0.4, 0.5) is 24.5 Å². The van der Waals surface area contributed by atoms with Gasteiger partial charge in [0.2, 0.25) is 5.91 Å². The smallest absolute Gasteiger partial charge is 0.416 e. The molecule has 2 rings (SSSR count). The second kappa shape index (κ2) is 8.37. The summed E-state index contributed by atoms with van der Waals surface area (Å²) in [4.78, 5) is 23.6. The Bertz CT molecular complexity index is 791. The molecular formula is C18H17F3N2O3. The first kappa shape index (κ1) is 19.3. The van der Waals surface area contributed by atoms with Gasteiger partial charge in [0.15, 0.2) is 0 Å². The summed E-state index contributed by atoms with van der Waals surface area (Å²) in [6.07, 6.45) is -4.47. The molecule has 5 nitrogen and oxygen atoms in total. The molecule has 0 atom stereocenters. The normalized spacial score (nSPS) is 10.9. The molecule has 0 aliphatic carbocycles. The van der Waals surface area contributed by atoms with E-state index in [1.165, 1.54) is 19.2 Å². The van der Waals surface area contributed by atoms with Crippen molar-refractivity contribution < 1.29 is 27.5 Å². The van der Waals surface area contributed by atoms with Crippen molar-refractivity contribution in [3.05, 3.63) is 59.7 Å². The maximum Gasteiger partial charge on any atom is 0.416 e. The number of anilines is 2. The standard InChI is InChI=1S/C18H17F3N2O3/c1-26-17(25)14-7-2-3-8-15(14)22-10-9-16(24)23-13-6-4-5-12(11-13)18(19,20)21/h2-8,11,22H,9-10H2,1H3,(H,23,24). The van der Waals surface area contributed by atoms with Crippen LogP contribution in [0, 0.1) is 0 Å². The summed E-state index contributed by atoms with van der Waals surface area (Å²) in [6, 6.07) is 11.1. The number of benzene rings is 2. The lowest BCUT2D eigenvalue weighted by Crippen LogP contribution is -2.17. The first-order valence-electron chi connectivity index (χ1n) is 7.69. The molecule has 0 saturated heterocycles. The maximum atomic E-state index is 12.7. The van der Waals surface area contributed by atoms with E-state index < -0.39 is 23.6 Å². The molecule has 0 heterocycles. The quantitative estimate of drug-likeness (QED) is 0.760. The van der Waals surface area contributed by atoms with Crippen LogP contribution in [-0.2, 0) is 15.7 Å². The van der Waals surface area contributed by atoms with Crippen LogP contribution >= 0.6 is 0 Å². The largest absolute Gasteiger partial charge is 0.465 e. The Balaban J connectivity index is 1.92. The van der Waals surface area contributed by atoms with E-state index in [1.54, 1.807) is 24.3 Å². The van der Waals surface area contributed by atoms with E-state index in [4.69, 9.17) is 0 Å². The second-order valence-corrected chi connectivity index (χ2v) is 5.34. The zero-order chi connectivity index (χ0) is 19.2. The Labute approximate surface area is 148 Å². The number of amides is 1. The van der Waals surface area contributed by atoms with Crippen molar-refractivity contribution in [3.8, 4) is 0 Å². The van der Waals surface area contributed by atoms with Crippen molar-refractivity contribution in [2.24, 2.45) is 0 Å². The Morgan fingerprint density at radius 1 is 1.08 bits per heavy atom. The van der Waals surface area contributed by atoms with Crippen LogP contribution in [0.25, 0.3) is 0 Å². The van der Waals surface area contributed by atoms with Crippen molar-refractivity contribution in [2.45, 2.75) is 12.6 Å². The highest BCUT2D eigenvalue weighted by molar-refractivity contribution is 5.95. The molecule has 0 saturated carbocycles. The molecule has 26 heavy (non-hydrogen) atoms. The molecule has 2 aromatic carbocycles. The number of carbonyl (C=O) groups excluding carboxylic acids is 2. The third-order valence-corrected chi connectivity index (χ3v) is 3.47. The van der Waals surface area contributed by atoms with Gasteiger partial charge >= 0.3 is 12.1 Å². The van der Waals surface area contributed by atoms with Crippen LogP contribution in [0.15, 0.2) is 48.5 Å². The number of nitrogens with one attached hydrogen (secondary N) is 2. The molecule has 0 aliphatic rings. The molecule has 0 bridgehead atoms. The van der Waals surface area contributed by atoms with E-state index in [0.29, 0.717) is 11.3 Å². The van der Waals surface area contributed by atoms with Crippen LogP contribution in [0.3, 0.4) is 0 Å². The number of hydrogen-bond acceptors (Lipinski definition) is 4. The summed E-state index contributed by atoms with van der Waals surface area (Å²) in [5, 5.41) is 5.36. The van der Waals surface area contributed by atoms with Crippen LogP contribution in [-0.4, -0.2) is 25.5 Å². The lowest BCUT2D eigenvalue weighted by atomic mass is 10.1. The maximum absolute atomic E-state index is 12.7. The van der Waals surface area contributed by atoms with Crippen molar-refractivity contribution in [1.29, 1.82) is 0 Å². The number of esters is 1. The third-order valence-electron chi connectivity index (χ3n) is 3.47. The Morgan fingerprint density at radius 2 is 1.81 bits per heavy atom. The molecule has 0 fully saturated rings. The number of alkyl halides is 3. The minimum atomic E-state index is -4.47. The fourth-order valence-corrected chi connectivity index (χ4v) is 2.23. The zero-order valence-electron chi connectivity index (χ0n) is 13.9. The van der Waals surface area contributed by atoms with Crippen LogP contribution in [0.2, 0.25) is 0 Å². The van der Waals surface area contributed by atoms with Gasteiger partial charge in [-0.3, -0.25) is 4.79 Å². The summed E-state index contributed by atoms with van der Waals surface area (Å²) >= 11 is 0. The van der Waals surface area contributed by atoms with E-state index in [2.05, 4.69) is 15.4 Å². The lowest BCUT2D eigenvalue weighted by molar-refractivity contribution is -0.137. The van der Waals surface area contributed by atoms with Gasteiger partial charge in [0, 0.05) is 24.3 Å². The molecule has 0 aromatic heterocycles. The Hall–Kier alpha value is -3.03. The van der Waals surface area contributed by atoms with Gasteiger partial charge in [0.1, 0.15) is 0 Å². The Morgan fingerprint density at radius 3 is 2.50 bits per heavy atom. The fraction of sp³-hybridized carbons (Fsp3) is 0.222. The van der Waals surface area contributed by atoms with Gasteiger partial charge in [-0.2, -0.15) is 13.2 Å². The summed E-state index contributed by atoms with van der Waals surface area (Å²) in [6.45, 7) is 0.193. The number of rotatable bonds is 6. The van der Waals surface area contributed by atoms with E-state index in [9.17, 15) is 22.8 Å². The highest BCUT2D eigenvalue weighted by Gasteiger charge is 2.30. The van der Waals surface area contributed by atoms with Crippen molar-refractivity contribution >= 4 is 23.3 Å². The molecular weight excluding hydrogens is 349 g/mol. The SMILES string of the molecule is COC(=O)c1ccccc1NCCC(=O)Nc1cccc(C(F)(F)F)c1. The molecule has 138 valence electrons. The van der Waals surface area contributed by atoms with Gasteiger partial charge in [0.05, 0.1) is 18.2 Å². The second-order valence-electron chi connectivity index (χ2n) is 5.34. The molecule has 8 heteroatoms. The molecule has 0 spiro atoms. The van der Waals surface area contributed by atoms with Gasteiger partial charge in [0.25, 0.3) is 0 Å². The topological polar surface area (TPSA) is 67.4 Å². The third kappa shape index (κ3) is 5.23. The number of carbonyl (C=O) groups is 2. The monoisotopic (exact) mass is 366 g/mol. The zero-order valence-corrected chi connectivity index (χ0v) is 13.9. The van der Waals surface area contributed by atoms with Gasteiger partial charge in [-0.25, -0.2) is 4.79 Å².